The molecule has 2 aromatic rings. The van der Waals surface area contributed by atoms with E-state index in [4.69, 9.17) is 9.47 Å². The van der Waals surface area contributed by atoms with Gasteiger partial charge in [-0.05, 0) is 30.3 Å². The van der Waals surface area contributed by atoms with Crippen LogP contribution in [0.1, 0.15) is 29.8 Å². The molecule has 0 bridgehead atoms. The summed E-state index contributed by atoms with van der Waals surface area (Å²) in [4.78, 5) is 0. The van der Waals surface area contributed by atoms with Crippen LogP contribution in [0, 0.1) is 0 Å². The van der Waals surface area contributed by atoms with Crippen molar-refractivity contribution < 1.29 is 14.6 Å². The number of aliphatic hydroxyl groups is 1. The van der Waals surface area contributed by atoms with E-state index in [1.807, 2.05) is 36.4 Å². The zero-order valence-electron chi connectivity index (χ0n) is 11.3. The fraction of sp³-hybridized carbons (Fsp3) is 0.250. The van der Waals surface area contributed by atoms with E-state index in [2.05, 4.69) is 31.9 Å². The molecule has 0 aromatic heterocycles. The van der Waals surface area contributed by atoms with Crippen molar-refractivity contribution in [3.63, 3.8) is 0 Å². The number of rotatable bonds is 2. The first-order chi connectivity index (χ1) is 10.1. The molecule has 2 aromatic carbocycles. The summed E-state index contributed by atoms with van der Waals surface area (Å²) >= 11 is 6.90. The highest BCUT2D eigenvalue weighted by molar-refractivity contribution is 9.10. The third kappa shape index (κ3) is 2.96. The van der Waals surface area contributed by atoms with Crippen molar-refractivity contribution in [1.82, 2.24) is 0 Å². The molecule has 1 aliphatic rings. The molecule has 0 saturated carbocycles. The van der Waals surface area contributed by atoms with Crippen LogP contribution in [0.25, 0.3) is 0 Å². The lowest BCUT2D eigenvalue weighted by Crippen LogP contribution is -2.19. The van der Waals surface area contributed by atoms with Crippen molar-refractivity contribution in [3.05, 3.63) is 56.5 Å². The lowest BCUT2D eigenvalue weighted by Gasteiger charge is -2.30. The van der Waals surface area contributed by atoms with Crippen molar-refractivity contribution in [2.45, 2.75) is 18.6 Å². The number of hydrogen-bond acceptors (Lipinski definition) is 3. The zero-order valence-corrected chi connectivity index (χ0v) is 14.5. The van der Waals surface area contributed by atoms with Crippen molar-refractivity contribution >= 4 is 31.9 Å². The second kappa shape index (κ2) is 5.99. The standard InChI is InChI=1S/C16H14Br2O3/c1-20-14-5-3-9(17)6-12(14)16-8-13(19)11-4-2-10(18)7-15(11)21-16/h2-7,13,16,19H,8H2,1H3. The van der Waals surface area contributed by atoms with Crippen LogP contribution < -0.4 is 9.47 Å². The number of hydrogen-bond donors (Lipinski definition) is 1. The molecular weight excluding hydrogens is 400 g/mol. The van der Waals surface area contributed by atoms with Crippen LogP contribution in [0.15, 0.2) is 45.3 Å². The topological polar surface area (TPSA) is 38.7 Å². The SMILES string of the molecule is COc1ccc(Br)cc1C1CC(O)c2ccc(Br)cc2O1. The highest BCUT2D eigenvalue weighted by atomic mass is 79.9. The molecule has 0 saturated heterocycles. The van der Waals surface area contributed by atoms with Crippen LogP contribution in [0.4, 0.5) is 0 Å². The maximum Gasteiger partial charge on any atom is 0.130 e. The van der Waals surface area contributed by atoms with Gasteiger partial charge in [-0.25, -0.2) is 0 Å². The summed E-state index contributed by atoms with van der Waals surface area (Å²) < 4.78 is 13.4. The van der Waals surface area contributed by atoms with Crippen molar-refractivity contribution in [2.24, 2.45) is 0 Å². The maximum absolute atomic E-state index is 10.4. The predicted molar refractivity (Wildman–Crippen MR) is 87.8 cm³/mol. The van der Waals surface area contributed by atoms with Crippen LogP contribution in [-0.4, -0.2) is 12.2 Å². The van der Waals surface area contributed by atoms with Crippen molar-refractivity contribution in [1.29, 1.82) is 0 Å². The molecular formula is C16H14Br2O3. The van der Waals surface area contributed by atoms with Gasteiger partial charge in [0.1, 0.15) is 17.6 Å². The molecule has 1 heterocycles. The molecule has 3 rings (SSSR count). The number of ether oxygens (including phenoxy) is 2. The molecule has 0 fully saturated rings. The fourth-order valence-corrected chi connectivity index (χ4v) is 3.28. The van der Waals surface area contributed by atoms with E-state index in [0.717, 1.165) is 25.8 Å². The van der Waals surface area contributed by atoms with Gasteiger partial charge in [0.2, 0.25) is 0 Å². The summed E-state index contributed by atoms with van der Waals surface area (Å²) in [6, 6.07) is 11.5. The lowest BCUT2D eigenvalue weighted by atomic mass is 9.94. The maximum atomic E-state index is 10.4. The van der Waals surface area contributed by atoms with Crippen LogP contribution in [0.2, 0.25) is 0 Å². The monoisotopic (exact) mass is 412 g/mol. The summed E-state index contributed by atoms with van der Waals surface area (Å²) in [5, 5.41) is 10.4. The first kappa shape index (κ1) is 14.9. The van der Waals surface area contributed by atoms with Gasteiger partial charge in [0.25, 0.3) is 0 Å². The zero-order chi connectivity index (χ0) is 15.0. The Balaban J connectivity index is 2.01. The van der Waals surface area contributed by atoms with Crippen LogP contribution in [0.3, 0.4) is 0 Å². The van der Waals surface area contributed by atoms with Crippen LogP contribution in [-0.2, 0) is 0 Å². The van der Waals surface area contributed by atoms with Gasteiger partial charge in [0.15, 0.2) is 0 Å². The lowest BCUT2D eigenvalue weighted by molar-refractivity contribution is 0.0644. The molecule has 110 valence electrons. The Kier molecular flexibility index (Phi) is 4.24. The smallest absolute Gasteiger partial charge is 0.130 e. The van der Waals surface area contributed by atoms with E-state index >= 15 is 0 Å². The average molecular weight is 414 g/mol. The highest BCUT2D eigenvalue weighted by Crippen LogP contribution is 2.44. The number of aliphatic hydroxyl groups excluding tert-OH is 1. The minimum atomic E-state index is -0.546. The molecule has 21 heavy (non-hydrogen) atoms. The molecule has 2 atom stereocenters. The predicted octanol–water partition coefficient (Wildman–Crippen LogP) is 4.78. The second-order valence-electron chi connectivity index (χ2n) is 4.93. The van der Waals surface area contributed by atoms with Crippen LogP contribution >= 0.6 is 31.9 Å². The summed E-state index contributed by atoms with van der Waals surface area (Å²) in [5.41, 5.74) is 1.75. The Morgan fingerprint density at radius 2 is 1.81 bits per heavy atom. The van der Waals surface area contributed by atoms with Gasteiger partial charge >= 0.3 is 0 Å². The molecule has 1 N–H and O–H groups in total. The van der Waals surface area contributed by atoms with E-state index in [-0.39, 0.29) is 6.10 Å². The van der Waals surface area contributed by atoms with Gasteiger partial charge in [-0.15, -0.1) is 0 Å². The van der Waals surface area contributed by atoms with E-state index < -0.39 is 6.10 Å². The summed E-state index contributed by atoms with van der Waals surface area (Å²) in [5.74, 6) is 1.46. The molecule has 3 nitrogen and oxygen atoms in total. The fourth-order valence-electron chi connectivity index (χ4n) is 2.56. The van der Waals surface area contributed by atoms with E-state index in [1.54, 1.807) is 7.11 Å². The van der Waals surface area contributed by atoms with Crippen LogP contribution in [0.5, 0.6) is 11.5 Å². The number of benzene rings is 2. The normalized spacial score (nSPS) is 20.6. The Bertz CT molecular complexity index is 673. The molecule has 1 aliphatic heterocycles. The van der Waals surface area contributed by atoms with E-state index in [1.165, 1.54) is 0 Å². The third-order valence-electron chi connectivity index (χ3n) is 3.58. The first-order valence-corrected chi connectivity index (χ1v) is 8.14. The van der Waals surface area contributed by atoms with Gasteiger partial charge in [0, 0.05) is 26.5 Å². The Morgan fingerprint density at radius 3 is 2.57 bits per heavy atom. The summed E-state index contributed by atoms with van der Waals surface area (Å²) in [7, 11) is 1.64. The third-order valence-corrected chi connectivity index (χ3v) is 4.57. The number of halogens is 2. The van der Waals surface area contributed by atoms with Gasteiger partial charge < -0.3 is 14.6 Å². The summed E-state index contributed by atoms with van der Waals surface area (Å²) in [6.45, 7) is 0. The Labute approximate surface area is 140 Å². The molecule has 0 spiro atoms. The quantitative estimate of drug-likeness (QED) is 0.769. The molecule has 2 unspecified atom stereocenters. The van der Waals surface area contributed by atoms with Gasteiger partial charge in [-0.3, -0.25) is 0 Å². The van der Waals surface area contributed by atoms with Crippen molar-refractivity contribution in [2.75, 3.05) is 7.11 Å². The molecule has 5 heteroatoms. The van der Waals surface area contributed by atoms with Crippen molar-refractivity contribution in [3.8, 4) is 11.5 Å². The molecule has 0 radical (unpaired) electrons. The number of methoxy groups -OCH3 is 1. The molecule has 0 aliphatic carbocycles. The van der Waals surface area contributed by atoms with Gasteiger partial charge in [-0.1, -0.05) is 37.9 Å². The largest absolute Gasteiger partial charge is 0.496 e. The van der Waals surface area contributed by atoms with Gasteiger partial charge in [0.05, 0.1) is 13.2 Å². The summed E-state index contributed by atoms with van der Waals surface area (Å²) in [6.07, 6.45) is -0.286. The van der Waals surface area contributed by atoms with E-state index in [9.17, 15) is 5.11 Å². The second-order valence-corrected chi connectivity index (χ2v) is 6.76. The average Bonchev–Trinajstić information content (AvgIpc) is 2.46. The Hall–Kier alpha value is -1.04. The highest BCUT2D eigenvalue weighted by Gasteiger charge is 2.30. The minimum absolute atomic E-state index is 0.241. The van der Waals surface area contributed by atoms with E-state index in [0.29, 0.717) is 12.2 Å². The first-order valence-electron chi connectivity index (χ1n) is 6.56. The Morgan fingerprint density at radius 1 is 1.10 bits per heavy atom. The number of fused-ring (bicyclic) bond motifs is 1. The van der Waals surface area contributed by atoms with Gasteiger partial charge in [-0.2, -0.15) is 0 Å². The molecule has 0 amide bonds. The minimum Gasteiger partial charge on any atom is -0.496 e.